The molecule has 4 aromatic rings. The molecule has 0 saturated carbocycles. The molecule has 0 unspecified atom stereocenters. The minimum absolute atomic E-state index is 0.0271. The number of fused-ring (bicyclic) bond motifs is 9. The molecule has 2 aromatic heterocycles. The monoisotopic (exact) mass is 576 g/mol. The van der Waals surface area contributed by atoms with Crippen LogP contribution in [0, 0.1) is 0 Å². The molecule has 0 aliphatic carbocycles. The molecule has 4 heterocycles. The molecule has 218 valence electrons. The summed E-state index contributed by atoms with van der Waals surface area (Å²) in [6, 6.07) is 9.51. The van der Waals surface area contributed by atoms with Gasteiger partial charge < -0.3 is 24.7 Å². The van der Waals surface area contributed by atoms with Crippen LogP contribution < -0.4 is 15.4 Å². The zero-order chi connectivity index (χ0) is 30.0. The molecule has 0 saturated heterocycles. The van der Waals surface area contributed by atoms with Crippen molar-refractivity contribution in [2.75, 3.05) is 0 Å². The molecule has 6 rings (SSSR count). The Balaban J connectivity index is 1.35. The number of halogens is 2. The Morgan fingerprint density at radius 3 is 2.52 bits per heavy atom. The van der Waals surface area contributed by atoms with Crippen molar-refractivity contribution < 1.29 is 27.8 Å². The summed E-state index contributed by atoms with van der Waals surface area (Å²) in [5, 5.41) is 5.80. The Morgan fingerprint density at radius 1 is 1.10 bits per heavy atom. The van der Waals surface area contributed by atoms with Crippen LogP contribution in [0.25, 0.3) is 22.2 Å². The predicted molar refractivity (Wildman–Crippen MR) is 149 cm³/mol. The molecule has 2 aliphatic rings. The molecule has 2 aliphatic heterocycles. The second-order valence-corrected chi connectivity index (χ2v) is 12.0. The number of aromatic nitrogens is 4. The van der Waals surface area contributed by atoms with Gasteiger partial charge in [0.25, 0.3) is 5.91 Å². The van der Waals surface area contributed by atoms with Gasteiger partial charge >= 0.3 is 12.7 Å². The first-order valence-electron chi connectivity index (χ1n) is 13.6. The Hall–Kier alpha value is -4.61. The molecule has 0 spiro atoms. The summed E-state index contributed by atoms with van der Waals surface area (Å²) in [4.78, 5) is 39.1. The Labute approximate surface area is 240 Å². The fraction of sp³-hybridized carbons (Fsp3) is 0.367. The van der Waals surface area contributed by atoms with E-state index in [9.17, 15) is 18.4 Å². The van der Waals surface area contributed by atoms with Crippen molar-refractivity contribution >= 4 is 23.0 Å². The highest BCUT2D eigenvalue weighted by atomic mass is 19.3. The average Bonchev–Trinajstić information content (AvgIpc) is 3.39. The summed E-state index contributed by atoms with van der Waals surface area (Å²) in [6.45, 7) is 5.91. The Morgan fingerprint density at radius 2 is 1.83 bits per heavy atom. The van der Waals surface area contributed by atoms with E-state index in [0.717, 1.165) is 16.6 Å². The van der Waals surface area contributed by atoms with Crippen LogP contribution in [-0.2, 0) is 10.3 Å². The van der Waals surface area contributed by atoms with Crippen LogP contribution in [0.5, 0.6) is 5.75 Å². The summed E-state index contributed by atoms with van der Waals surface area (Å²) < 4.78 is 38.8. The van der Waals surface area contributed by atoms with E-state index in [-0.39, 0.29) is 17.7 Å². The molecule has 10 nitrogen and oxygen atoms in total. The number of carbonyl (C=O) groups is 2. The van der Waals surface area contributed by atoms with Crippen molar-refractivity contribution in [2.24, 2.45) is 0 Å². The van der Waals surface area contributed by atoms with Gasteiger partial charge in [-0.15, -0.1) is 0 Å². The lowest BCUT2D eigenvalue weighted by Crippen LogP contribution is -2.44. The quantitative estimate of drug-likeness (QED) is 0.316. The summed E-state index contributed by atoms with van der Waals surface area (Å²) in [7, 11) is 0. The number of hydrogen-bond donors (Lipinski definition) is 2. The van der Waals surface area contributed by atoms with Crippen molar-refractivity contribution in [1.82, 2.24) is 30.2 Å². The van der Waals surface area contributed by atoms with Crippen molar-refractivity contribution in [3.63, 3.8) is 0 Å². The SMILES string of the molecule is CC(C)(C)OC(=O)NC(C)(C)c1ncc(-c2ccc3nc4n(c3c2)[C@H]2C[C@@H]4NC(=O)c3cccc(OC(F)F)c32)cn1. The van der Waals surface area contributed by atoms with E-state index in [1.165, 1.54) is 12.1 Å². The van der Waals surface area contributed by atoms with Gasteiger partial charge in [0.15, 0.2) is 5.82 Å². The van der Waals surface area contributed by atoms with E-state index in [4.69, 9.17) is 14.5 Å². The lowest BCUT2D eigenvalue weighted by atomic mass is 9.97. The van der Waals surface area contributed by atoms with Gasteiger partial charge in [-0.05, 0) is 70.9 Å². The first-order chi connectivity index (χ1) is 19.8. The topological polar surface area (TPSA) is 120 Å². The van der Waals surface area contributed by atoms with Crippen LogP contribution in [-0.4, -0.2) is 43.7 Å². The number of ether oxygens (including phenoxy) is 2. The van der Waals surface area contributed by atoms with Gasteiger partial charge in [-0.25, -0.2) is 19.7 Å². The second-order valence-electron chi connectivity index (χ2n) is 12.0. The van der Waals surface area contributed by atoms with E-state index in [1.807, 2.05) is 22.8 Å². The van der Waals surface area contributed by atoms with Crippen LogP contribution in [0.4, 0.5) is 13.6 Å². The van der Waals surface area contributed by atoms with Crippen LogP contribution in [0.15, 0.2) is 48.8 Å². The fourth-order valence-corrected chi connectivity index (χ4v) is 5.60. The van der Waals surface area contributed by atoms with E-state index in [1.54, 1.807) is 53.1 Å². The summed E-state index contributed by atoms with van der Waals surface area (Å²) in [5.74, 6) is 0.685. The first kappa shape index (κ1) is 27.6. The molecule has 42 heavy (non-hydrogen) atoms. The van der Waals surface area contributed by atoms with E-state index in [2.05, 4.69) is 20.6 Å². The maximum atomic E-state index is 13.3. The highest BCUT2D eigenvalue weighted by molar-refractivity contribution is 5.98. The smallest absolute Gasteiger partial charge is 0.408 e. The second kappa shape index (κ2) is 9.74. The van der Waals surface area contributed by atoms with Gasteiger partial charge in [0.1, 0.15) is 17.2 Å². The number of amides is 2. The Kier molecular flexibility index (Phi) is 6.39. The third-order valence-electron chi connectivity index (χ3n) is 7.32. The lowest BCUT2D eigenvalue weighted by molar-refractivity contribution is -0.0507. The number of carbonyl (C=O) groups excluding carboxylic acids is 2. The number of alkyl carbamates (subject to hydrolysis) is 1. The van der Waals surface area contributed by atoms with Crippen molar-refractivity contribution in [1.29, 1.82) is 0 Å². The van der Waals surface area contributed by atoms with Gasteiger partial charge in [-0.3, -0.25) is 4.79 Å². The predicted octanol–water partition coefficient (Wildman–Crippen LogP) is 5.63. The molecule has 0 fully saturated rings. The summed E-state index contributed by atoms with van der Waals surface area (Å²) >= 11 is 0. The van der Waals surface area contributed by atoms with Crippen LogP contribution >= 0.6 is 0 Å². The molecule has 2 atom stereocenters. The van der Waals surface area contributed by atoms with Gasteiger partial charge in [-0.1, -0.05) is 12.1 Å². The maximum absolute atomic E-state index is 13.3. The molecular formula is C30H30F2N6O4. The third-order valence-corrected chi connectivity index (χ3v) is 7.32. The van der Waals surface area contributed by atoms with Crippen molar-refractivity contribution in [2.45, 2.75) is 70.9 Å². The van der Waals surface area contributed by atoms with E-state index < -0.39 is 29.9 Å². The molecule has 12 heteroatoms. The van der Waals surface area contributed by atoms with Gasteiger partial charge in [0.2, 0.25) is 0 Å². The number of benzene rings is 2. The van der Waals surface area contributed by atoms with E-state index >= 15 is 0 Å². The van der Waals surface area contributed by atoms with Crippen molar-refractivity contribution in [3.8, 4) is 16.9 Å². The molecule has 0 radical (unpaired) electrons. The number of hydrogen-bond acceptors (Lipinski definition) is 7. The lowest BCUT2D eigenvalue weighted by Gasteiger charge is -2.27. The highest BCUT2D eigenvalue weighted by Crippen LogP contribution is 2.47. The van der Waals surface area contributed by atoms with Gasteiger partial charge in [0, 0.05) is 29.1 Å². The van der Waals surface area contributed by atoms with Crippen LogP contribution in [0.1, 0.15) is 80.7 Å². The molecule has 2 bridgehead atoms. The molecular weight excluding hydrogens is 546 g/mol. The summed E-state index contributed by atoms with van der Waals surface area (Å²) in [5.41, 5.74) is 2.22. The number of rotatable bonds is 5. The van der Waals surface area contributed by atoms with Crippen LogP contribution in [0.3, 0.4) is 0 Å². The zero-order valence-corrected chi connectivity index (χ0v) is 23.7. The molecule has 2 amide bonds. The number of nitrogens with one attached hydrogen (secondary N) is 2. The van der Waals surface area contributed by atoms with Crippen LogP contribution in [0.2, 0.25) is 0 Å². The maximum Gasteiger partial charge on any atom is 0.408 e. The molecule has 2 N–H and O–H groups in total. The third kappa shape index (κ3) is 4.90. The minimum atomic E-state index is -3.03. The fourth-order valence-electron chi connectivity index (χ4n) is 5.60. The number of alkyl halides is 2. The first-order valence-corrected chi connectivity index (χ1v) is 13.6. The average molecular weight is 577 g/mol. The summed E-state index contributed by atoms with van der Waals surface area (Å²) in [6.07, 6.45) is 3.25. The minimum Gasteiger partial charge on any atom is -0.444 e. The van der Waals surface area contributed by atoms with E-state index in [0.29, 0.717) is 34.7 Å². The molecule has 2 aromatic carbocycles. The van der Waals surface area contributed by atoms with Crippen molar-refractivity contribution in [3.05, 3.63) is 71.6 Å². The van der Waals surface area contributed by atoms with Gasteiger partial charge in [-0.2, -0.15) is 8.78 Å². The number of nitrogens with zero attached hydrogens (tertiary/aromatic N) is 4. The van der Waals surface area contributed by atoms with Gasteiger partial charge in [0.05, 0.1) is 28.7 Å². The Bertz CT molecular complexity index is 1710. The number of imidazole rings is 1. The standard InChI is InChI=1S/C30H30F2N6O4/c1-29(2,3)42-28(40)37-30(4,5)26-33-13-16(14-34-26)15-9-10-18-20(11-15)38-21-12-19(24(38)35-18)36-25(39)17-7-6-8-22(23(17)21)41-27(31)32/h6-11,13-14,19,21,27H,12H2,1-5H3,(H,36,39)(H,37,40)/t19-,21-/m0/s1. The highest BCUT2D eigenvalue weighted by Gasteiger charge is 2.42. The zero-order valence-electron chi connectivity index (χ0n) is 23.7. The largest absolute Gasteiger partial charge is 0.444 e. The normalized spacial score (nSPS) is 17.9.